The van der Waals surface area contributed by atoms with Gasteiger partial charge >= 0.3 is 0 Å². The summed E-state index contributed by atoms with van der Waals surface area (Å²) in [5, 5.41) is 13.4. The Balaban J connectivity index is 1.58. The van der Waals surface area contributed by atoms with Crippen LogP contribution >= 0.6 is 0 Å². The van der Waals surface area contributed by atoms with E-state index >= 15 is 0 Å². The molecule has 0 bridgehead atoms. The number of nitrogens with one attached hydrogen (secondary N) is 3. The fourth-order valence-electron chi connectivity index (χ4n) is 3.29. The molecule has 3 aromatic heterocycles. The lowest BCUT2D eigenvalue weighted by atomic mass is 10.0. The number of carbonyl (C=O) groups is 2. The Labute approximate surface area is 190 Å². The number of amides is 2. The number of ether oxygens (including phenoxy) is 1. The van der Waals surface area contributed by atoms with Gasteiger partial charge in [0, 0.05) is 23.2 Å². The van der Waals surface area contributed by atoms with Gasteiger partial charge in [-0.3, -0.25) is 19.7 Å². The van der Waals surface area contributed by atoms with Crippen molar-refractivity contribution in [1.29, 1.82) is 0 Å². The third-order valence-corrected chi connectivity index (χ3v) is 4.80. The normalized spacial score (nSPS) is 10.9. The monoisotopic (exact) mass is 445 g/mol. The Bertz CT molecular complexity index is 1300. The maximum atomic E-state index is 12.8. The zero-order valence-electron chi connectivity index (χ0n) is 18.4. The van der Waals surface area contributed by atoms with Crippen molar-refractivity contribution in [3.8, 4) is 17.0 Å². The number of anilines is 2. The van der Waals surface area contributed by atoms with Crippen molar-refractivity contribution in [2.24, 2.45) is 0 Å². The predicted molar refractivity (Wildman–Crippen MR) is 125 cm³/mol. The molecule has 0 saturated carbocycles. The van der Waals surface area contributed by atoms with Crippen molar-refractivity contribution in [3.63, 3.8) is 0 Å². The molecule has 4 aromatic rings. The standard InChI is InChI=1S/C23H23N7O3/c1-30(2)13-20(31)26-17-8-15(10-24-11-17)14-4-6-19-18(9-14)22(29-28-19)23(32)27-16-5-7-21(33-3)25-12-16/h4-12H,13H2,1-3H3,(H,26,31)(H,27,32)(H,28,29). The van der Waals surface area contributed by atoms with Gasteiger partial charge in [-0.15, -0.1) is 0 Å². The smallest absolute Gasteiger partial charge is 0.276 e. The van der Waals surface area contributed by atoms with Crippen LogP contribution in [0.3, 0.4) is 0 Å². The van der Waals surface area contributed by atoms with Crippen LogP contribution in [0.15, 0.2) is 55.0 Å². The van der Waals surface area contributed by atoms with Crippen LogP contribution in [-0.2, 0) is 4.79 Å². The Hall–Kier alpha value is -4.31. The zero-order valence-corrected chi connectivity index (χ0v) is 18.4. The molecule has 4 rings (SSSR count). The first-order valence-corrected chi connectivity index (χ1v) is 10.1. The molecule has 0 aliphatic rings. The first kappa shape index (κ1) is 21.9. The van der Waals surface area contributed by atoms with E-state index < -0.39 is 0 Å². The lowest BCUT2D eigenvalue weighted by Crippen LogP contribution is -2.27. The summed E-state index contributed by atoms with van der Waals surface area (Å²) in [7, 11) is 5.18. The Morgan fingerprint density at radius 2 is 1.85 bits per heavy atom. The molecule has 0 saturated heterocycles. The van der Waals surface area contributed by atoms with Crippen LogP contribution < -0.4 is 15.4 Å². The summed E-state index contributed by atoms with van der Waals surface area (Å²) in [6, 6.07) is 10.8. The molecule has 0 fully saturated rings. The summed E-state index contributed by atoms with van der Waals surface area (Å²) in [5.74, 6) is -0.0407. The summed E-state index contributed by atoms with van der Waals surface area (Å²) in [5.41, 5.74) is 3.73. The number of pyridine rings is 2. The number of rotatable bonds is 7. The molecule has 0 unspecified atom stereocenters. The van der Waals surface area contributed by atoms with Crippen LogP contribution in [0.1, 0.15) is 10.5 Å². The van der Waals surface area contributed by atoms with E-state index in [1.54, 1.807) is 29.4 Å². The van der Waals surface area contributed by atoms with Gasteiger partial charge in [-0.2, -0.15) is 5.10 Å². The van der Waals surface area contributed by atoms with E-state index in [9.17, 15) is 9.59 Å². The number of methoxy groups -OCH3 is 1. The lowest BCUT2D eigenvalue weighted by molar-refractivity contribution is -0.116. The predicted octanol–water partition coefficient (Wildman–Crippen LogP) is 2.78. The number of fused-ring (bicyclic) bond motifs is 1. The molecule has 168 valence electrons. The number of likely N-dealkylation sites (N-methyl/N-ethyl adjacent to an activating group) is 1. The fourth-order valence-corrected chi connectivity index (χ4v) is 3.29. The highest BCUT2D eigenvalue weighted by Crippen LogP contribution is 2.27. The minimum absolute atomic E-state index is 0.129. The quantitative estimate of drug-likeness (QED) is 0.399. The van der Waals surface area contributed by atoms with E-state index in [0.29, 0.717) is 22.6 Å². The first-order chi connectivity index (χ1) is 15.9. The Kier molecular flexibility index (Phi) is 6.27. The van der Waals surface area contributed by atoms with Crippen LogP contribution in [0.2, 0.25) is 0 Å². The molecule has 0 radical (unpaired) electrons. The number of hydrogen-bond donors (Lipinski definition) is 3. The van der Waals surface area contributed by atoms with Crippen molar-refractivity contribution < 1.29 is 14.3 Å². The van der Waals surface area contributed by atoms with Gasteiger partial charge < -0.3 is 20.3 Å². The van der Waals surface area contributed by atoms with E-state index in [-0.39, 0.29) is 24.1 Å². The van der Waals surface area contributed by atoms with Crippen molar-refractivity contribution in [2.45, 2.75) is 0 Å². The molecule has 3 heterocycles. The van der Waals surface area contributed by atoms with Crippen LogP contribution in [-0.4, -0.2) is 64.6 Å². The van der Waals surface area contributed by atoms with E-state index in [2.05, 4.69) is 30.8 Å². The van der Waals surface area contributed by atoms with Crippen molar-refractivity contribution in [3.05, 3.63) is 60.7 Å². The van der Waals surface area contributed by atoms with E-state index in [4.69, 9.17) is 4.74 Å². The van der Waals surface area contributed by atoms with Crippen LogP contribution in [0, 0.1) is 0 Å². The second-order valence-corrected chi connectivity index (χ2v) is 7.62. The number of aromatic amines is 1. The highest BCUT2D eigenvalue weighted by atomic mass is 16.5. The summed E-state index contributed by atoms with van der Waals surface area (Å²) in [6.07, 6.45) is 4.81. The van der Waals surface area contributed by atoms with Gasteiger partial charge in [0.2, 0.25) is 11.8 Å². The van der Waals surface area contributed by atoms with Crippen molar-refractivity contribution >= 4 is 34.1 Å². The molecule has 3 N–H and O–H groups in total. The van der Waals surface area contributed by atoms with Gasteiger partial charge in [0.05, 0.1) is 42.9 Å². The zero-order chi connectivity index (χ0) is 23.4. The average molecular weight is 445 g/mol. The van der Waals surface area contributed by atoms with Crippen LogP contribution in [0.5, 0.6) is 5.88 Å². The van der Waals surface area contributed by atoms with Crippen molar-refractivity contribution in [1.82, 2.24) is 25.1 Å². The molecular weight excluding hydrogens is 422 g/mol. The summed E-state index contributed by atoms with van der Waals surface area (Å²) >= 11 is 0. The van der Waals surface area contributed by atoms with Gasteiger partial charge in [0.1, 0.15) is 0 Å². The minimum atomic E-state index is -0.367. The molecule has 0 spiro atoms. The first-order valence-electron chi connectivity index (χ1n) is 10.1. The molecular formula is C23H23N7O3. The maximum Gasteiger partial charge on any atom is 0.276 e. The number of benzene rings is 1. The molecule has 10 heteroatoms. The molecule has 33 heavy (non-hydrogen) atoms. The van der Waals surface area contributed by atoms with E-state index in [1.807, 2.05) is 38.4 Å². The van der Waals surface area contributed by atoms with Gasteiger partial charge in [-0.25, -0.2) is 4.98 Å². The van der Waals surface area contributed by atoms with Gasteiger partial charge in [-0.1, -0.05) is 6.07 Å². The van der Waals surface area contributed by atoms with Crippen LogP contribution in [0.25, 0.3) is 22.0 Å². The molecule has 0 atom stereocenters. The fraction of sp³-hybridized carbons (Fsp3) is 0.174. The third kappa shape index (κ3) is 5.13. The molecule has 0 aliphatic carbocycles. The van der Waals surface area contributed by atoms with E-state index in [0.717, 1.165) is 16.6 Å². The van der Waals surface area contributed by atoms with Gasteiger partial charge in [-0.05, 0) is 43.9 Å². The summed E-state index contributed by atoms with van der Waals surface area (Å²) < 4.78 is 5.03. The average Bonchev–Trinajstić information content (AvgIpc) is 3.22. The second-order valence-electron chi connectivity index (χ2n) is 7.62. The SMILES string of the molecule is COc1ccc(NC(=O)c2n[nH]c3ccc(-c4cncc(NC(=O)CN(C)C)c4)cc23)cn1. The summed E-state index contributed by atoms with van der Waals surface area (Å²) in [4.78, 5) is 35.0. The van der Waals surface area contributed by atoms with Crippen LogP contribution in [0.4, 0.5) is 11.4 Å². The maximum absolute atomic E-state index is 12.8. The second kappa shape index (κ2) is 9.45. The number of carbonyl (C=O) groups excluding carboxylic acids is 2. The molecule has 0 aliphatic heterocycles. The van der Waals surface area contributed by atoms with Gasteiger partial charge in [0.25, 0.3) is 5.91 Å². The number of H-pyrrole nitrogens is 1. The third-order valence-electron chi connectivity index (χ3n) is 4.80. The lowest BCUT2D eigenvalue weighted by Gasteiger charge is -2.11. The topological polar surface area (TPSA) is 125 Å². The molecule has 2 amide bonds. The summed E-state index contributed by atoms with van der Waals surface area (Å²) in [6.45, 7) is 0.271. The number of aromatic nitrogens is 4. The highest BCUT2D eigenvalue weighted by molar-refractivity contribution is 6.11. The van der Waals surface area contributed by atoms with Crippen molar-refractivity contribution in [2.75, 3.05) is 38.4 Å². The minimum Gasteiger partial charge on any atom is -0.481 e. The Morgan fingerprint density at radius 3 is 2.58 bits per heavy atom. The number of nitrogens with zero attached hydrogens (tertiary/aromatic N) is 4. The molecule has 10 nitrogen and oxygen atoms in total. The largest absolute Gasteiger partial charge is 0.481 e. The van der Waals surface area contributed by atoms with E-state index in [1.165, 1.54) is 13.3 Å². The Morgan fingerprint density at radius 1 is 1.00 bits per heavy atom. The highest BCUT2D eigenvalue weighted by Gasteiger charge is 2.16. The number of hydrogen-bond acceptors (Lipinski definition) is 7. The molecule has 1 aromatic carbocycles. The van der Waals surface area contributed by atoms with Gasteiger partial charge in [0.15, 0.2) is 5.69 Å².